The highest BCUT2D eigenvalue weighted by Gasteiger charge is 2.28. The minimum atomic E-state index is -0.993. The van der Waals surface area contributed by atoms with E-state index >= 15 is 0 Å². The zero-order chi connectivity index (χ0) is 37.6. The summed E-state index contributed by atoms with van der Waals surface area (Å²) in [5.74, 6) is -1.93. The second-order valence-electron chi connectivity index (χ2n) is 13.0. The Labute approximate surface area is 306 Å². The number of amides is 2. The largest absolute Gasteiger partial charge is 0.346 e. The van der Waals surface area contributed by atoms with Crippen LogP contribution in [0.4, 0.5) is 8.78 Å². The maximum Gasteiger partial charge on any atom is 0.289 e. The molecule has 2 aliphatic rings. The lowest BCUT2D eigenvalue weighted by Gasteiger charge is -2.20. The molecule has 2 aromatic rings. The number of hydrogen-bond acceptors (Lipinski definition) is 8. The first-order valence-electron chi connectivity index (χ1n) is 18.1. The van der Waals surface area contributed by atoms with E-state index in [1.54, 1.807) is 0 Å². The van der Waals surface area contributed by atoms with Crippen molar-refractivity contribution in [1.82, 2.24) is 30.2 Å². The van der Waals surface area contributed by atoms with E-state index in [1.807, 2.05) is 0 Å². The number of aromatic amines is 1. The molecule has 4 rings (SSSR count). The third-order valence-electron chi connectivity index (χ3n) is 9.05. The summed E-state index contributed by atoms with van der Waals surface area (Å²) in [5, 5.41) is 6.13. The average molecular weight is 784 g/mol. The number of carbonyl (C=O) groups is 4. The number of ketones is 2. The summed E-state index contributed by atoms with van der Waals surface area (Å²) in [6, 6.07) is -0.932. The van der Waals surface area contributed by atoms with Gasteiger partial charge in [-0.25, -0.2) is 9.97 Å². The predicted octanol–water partition coefficient (Wildman–Crippen LogP) is 5.32. The molecule has 0 radical (unpaired) electrons. The van der Waals surface area contributed by atoms with Gasteiger partial charge in [-0.05, 0) is 38.5 Å². The van der Waals surface area contributed by atoms with Gasteiger partial charge in [0.25, 0.3) is 11.1 Å². The fourth-order valence-corrected chi connectivity index (χ4v) is 6.40. The summed E-state index contributed by atoms with van der Waals surface area (Å²) >= 11 is 3.20. The first kappa shape index (κ1) is 43.5. The number of hydrogen-bond donors (Lipinski definition) is 3. The van der Waals surface area contributed by atoms with E-state index in [2.05, 4.69) is 55.4 Å². The highest BCUT2D eigenvalue weighted by molar-refractivity contribution is 9.09. The molecule has 0 aliphatic heterocycles. The van der Waals surface area contributed by atoms with Gasteiger partial charge in [-0.2, -0.15) is 8.78 Å². The Hall–Kier alpha value is -3.62. The van der Waals surface area contributed by atoms with Crippen molar-refractivity contribution in [2.45, 2.75) is 135 Å². The van der Waals surface area contributed by atoms with Crippen LogP contribution < -0.4 is 21.8 Å². The third-order valence-corrected chi connectivity index (χ3v) is 9.60. The van der Waals surface area contributed by atoms with Gasteiger partial charge in [0.05, 0.1) is 49.0 Å². The molecule has 15 heteroatoms. The van der Waals surface area contributed by atoms with E-state index in [9.17, 15) is 37.5 Å². The molecule has 0 saturated heterocycles. The van der Waals surface area contributed by atoms with Crippen molar-refractivity contribution >= 4 is 39.3 Å². The molecular formula is C36H53BrF2N6O6. The van der Waals surface area contributed by atoms with Crippen molar-refractivity contribution in [2.75, 3.05) is 5.33 Å². The van der Waals surface area contributed by atoms with Gasteiger partial charge in [-0.1, -0.05) is 94.0 Å². The fourth-order valence-electron chi connectivity index (χ4n) is 6.01. The number of carbonyl (C=O) groups excluding carboxylic acids is 4. The van der Waals surface area contributed by atoms with Crippen LogP contribution in [0.25, 0.3) is 0 Å². The Bertz CT molecular complexity index is 1490. The Morgan fingerprint density at radius 1 is 0.804 bits per heavy atom. The van der Waals surface area contributed by atoms with Gasteiger partial charge in [0.1, 0.15) is 0 Å². The Morgan fingerprint density at radius 2 is 1.29 bits per heavy atom. The summed E-state index contributed by atoms with van der Waals surface area (Å²) in [6.07, 6.45) is 19.3. The van der Waals surface area contributed by atoms with E-state index in [1.165, 1.54) is 0 Å². The van der Waals surface area contributed by atoms with E-state index in [-0.39, 0.29) is 47.8 Å². The number of nitrogens with one attached hydrogen (secondary N) is 3. The molecule has 2 saturated carbocycles. The van der Waals surface area contributed by atoms with Gasteiger partial charge < -0.3 is 15.6 Å². The van der Waals surface area contributed by atoms with Gasteiger partial charge in [-0.15, -0.1) is 0 Å². The number of unbranched alkanes of at least 4 members (excludes halogenated alkanes) is 4. The van der Waals surface area contributed by atoms with Crippen LogP contribution in [0, 0.1) is 23.5 Å². The Morgan fingerprint density at radius 3 is 1.73 bits per heavy atom. The van der Waals surface area contributed by atoms with Crippen molar-refractivity contribution in [2.24, 2.45) is 11.8 Å². The number of rotatable bonds is 17. The van der Waals surface area contributed by atoms with Crippen LogP contribution in [0.1, 0.15) is 117 Å². The number of alkyl halides is 1. The molecule has 2 aromatic heterocycles. The number of halogens is 3. The zero-order valence-electron chi connectivity index (χ0n) is 29.8. The van der Waals surface area contributed by atoms with Gasteiger partial charge in [0, 0.05) is 11.8 Å². The monoisotopic (exact) mass is 782 g/mol. The van der Waals surface area contributed by atoms with E-state index in [0.29, 0.717) is 11.8 Å². The highest BCUT2D eigenvalue weighted by Crippen LogP contribution is 2.26. The first-order valence-corrected chi connectivity index (χ1v) is 19.2. The maximum absolute atomic E-state index is 13.3. The number of nitrogens with zero attached hydrogens (tertiary/aromatic N) is 3. The summed E-state index contributed by atoms with van der Waals surface area (Å²) in [4.78, 5) is 79.6. The topological polar surface area (TPSA) is 173 Å². The van der Waals surface area contributed by atoms with Crippen LogP contribution in [0.5, 0.6) is 0 Å². The normalized spacial score (nSPS) is 15.5. The van der Waals surface area contributed by atoms with Gasteiger partial charge in [0.2, 0.25) is 23.4 Å². The van der Waals surface area contributed by atoms with Crippen LogP contribution >= 0.6 is 15.9 Å². The number of aromatic nitrogens is 4. The van der Waals surface area contributed by atoms with E-state index in [0.717, 1.165) is 126 Å². The Kier molecular flexibility index (Phi) is 21.0. The molecule has 2 aliphatic carbocycles. The molecule has 2 atom stereocenters. The lowest BCUT2D eigenvalue weighted by atomic mass is 10.0. The van der Waals surface area contributed by atoms with Crippen LogP contribution in [0.15, 0.2) is 34.6 Å². The number of Topliss-reactive ketones (excluding diaryl/α,β-unsaturated/α-hetero) is 2. The van der Waals surface area contributed by atoms with Crippen molar-refractivity contribution in [3.63, 3.8) is 0 Å². The second-order valence-corrected chi connectivity index (χ2v) is 13.6. The predicted molar refractivity (Wildman–Crippen MR) is 193 cm³/mol. The van der Waals surface area contributed by atoms with Crippen LogP contribution in [0.2, 0.25) is 0 Å². The molecular weight excluding hydrogens is 730 g/mol. The van der Waals surface area contributed by atoms with Gasteiger partial charge in [-0.3, -0.25) is 33.3 Å². The average Bonchev–Trinajstić information content (AvgIpc) is 3.87. The quantitative estimate of drug-likeness (QED) is 0.143. The van der Waals surface area contributed by atoms with Crippen molar-refractivity contribution < 1.29 is 28.0 Å². The molecule has 2 heterocycles. The minimum absolute atomic E-state index is 0.0277. The van der Waals surface area contributed by atoms with Gasteiger partial charge in [0.15, 0.2) is 11.6 Å². The highest BCUT2D eigenvalue weighted by atomic mass is 79.9. The lowest BCUT2D eigenvalue weighted by Crippen LogP contribution is -2.45. The number of H-pyrrole nitrogens is 1. The van der Waals surface area contributed by atoms with Crippen LogP contribution in [0.3, 0.4) is 0 Å². The van der Waals surface area contributed by atoms with Crippen molar-refractivity contribution in [3.05, 3.63) is 57.4 Å². The molecule has 2 amide bonds. The Balaban J connectivity index is 0.000000300. The van der Waals surface area contributed by atoms with Crippen molar-refractivity contribution in [1.29, 1.82) is 0 Å². The van der Waals surface area contributed by atoms with E-state index in [4.69, 9.17) is 0 Å². The molecule has 3 N–H and O–H groups in total. The first-order chi connectivity index (χ1) is 24.5. The zero-order valence-corrected chi connectivity index (χ0v) is 31.4. The third kappa shape index (κ3) is 16.1. The van der Waals surface area contributed by atoms with Crippen molar-refractivity contribution in [3.8, 4) is 0 Å². The van der Waals surface area contributed by atoms with Crippen LogP contribution in [-0.2, 0) is 25.7 Å². The standard InChI is InChI=1S/C18H26FN3O3.C14H24BrNO2.C4H3FN2O/c1-2-3-4-9-15(21-17(24)13-7-5-6-8-13)16(23)11-22-12-20-10-14(19)18(22)25;1-2-3-4-9-12(13(17)10-15)16-14(18)11-7-5-6-8-11;5-3-1-6-2-7-4(3)8/h10,12-13,15H,2-9,11H2,1H3,(H,21,24);11-12H,2-10H2,1H3,(H,16,18);1-2H,(H,6,7,8)/t15-;12-;/m00./s1. The second kappa shape index (κ2) is 24.5. The van der Waals surface area contributed by atoms with Crippen LogP contribution in [-0.4, -0.2) is 60.3 Å². The van der Waals surface area contributed by atoms with Gasteiger partial charge >= 0.3 is 0 Å². The summed E-state index contributed by atoms with van der Waals surface area (Å²) in [7, 11) is 0. The molecule has 0 aromatic carbocycles. The minimum Gasteiger partial charge on any atom is -0.346 e. The lowest BCUT2D eigenvalue weighted by molar-refractivity contribution is -0.130. The molecule has 0 unspecified atom stereocenters. The summed E-state index contributed by atoms with van der Waals surface area (Å²) in [6.45, 7) is 3.91. The molecule has 2 fully saturated rings. The molecule has 284 valence electrons. The van der Waals surface area contributed by atoms with E-state index < -0.39 is 28.8 Å². The molecule has 12 nitrogen and oxygen atoms in total. The molecule has 0 spiro atoms. The molecule has 0 bridgehead atoms. The molecule has 51 heavy (non-hydrogen) atoms. The summed E-state index contributed by atoms with van der Waals surface area (Å²) < 4.78 is 26.2. The fraction of sp³-hybridized carbons (Fsp3) is 0.667. The summed E-state index contributed by atoms with van der Waals surface area (Å²) in [5.41, 5.74) is -1.61. The smallest absolute Gasteiger partial charge is 0.289 e. The SMILES string of the molecule is CCCCC[C@H](NC(=O)C1CCCC1)C(=O)CBr.CCCCC[C@H](NC(=O)C1CCCC1)C(=O)Cn1cncc(F)c1=O.O=c1[nH]cncc1F. The maximum atomic E-state index is 13.3.